The standard InChI is InChI=1S/C20H14ClFN2O3S2/c21-14-5-3-13(4-6-14)12-23-19-20(24-18(27-19)17-2-1-11-28-17)29(25,26)16-9-7-15(22)8-10-16/h1-11,23H,12H2. The first kappa shape index (κ1) is 19.6. The number of oxazole rings is 1. The van der Waals surface area contributed by atoms with Crippen LogP contribution in [0.2, 0.25) is 5.02 Å². The predicted molar refractivity (Wildman–Crippen MR) is 110 cm³/mol. The summed E-state index contributed by atoms with van der Waals surface area (Å²) >= 11 is 7.28. The van der Waals surface area contributed by atoms with E-state index in [1.807, 2.05) is 23.6 Å². The van der Waals surface area contributed by atoms with Crippen molar-refractivity contribution >= 4 is 38.7 Å². The van der Waals surface area contributed by atoms with Crippen molar-refractivity contribution in [3.05, 3.63) is 82.4 Å². The summed E-state index contributed by atoms with van der Waals surface area (Å²) in [6, 6.07) is 15.3. The molecule has 148 valence electrons. The van der Waals surface area contributed by atoms with Gasteiger partial charge in [-0.2, -0.15) is 4.98 Å². The summed E-state index contributed by atoms with van der Waals surface area (Å²) in [5, 5.41) is 5.20. The molecule has 9 heteroatoms. The number of hydrogen-bond donors (Lipinski definition) is 1. The summed E-state index contributed by atoms with van der Waals surface area (Å²) < 4.78 is 45.2. The summed E-state index contributed by atoms with van der Waals surface area (Å²) in [5.74, 6) is -0.309. The van der Waals surface area contributed by atoms with E-state index in [4.69, 9.17) is 16.0 Å². The third kappa shape index (κ3) is 4.19. The molecular weight excluding hydrogens is 435 g/mol. The number of benzene rings is 2. The molecule has 2 aromatic carbocycles. The van der Waals surface area contributed by atoms with E-state index in [1.165, 1.54) is 23.5 Å². The molecule has 0 fully saturated rings. The number of nitrogens with zero attached hydrogens (tertiary/aromatic N) is 1. The Labute approximate surface area is 175 Å². The van der Waals surface area contributed by atoms with Gasteiger partial charge in [0.15, 0.2) is 0 Å². The van der Waals surface area contributed by atoms with Crippen LogP contribution in [0.5, 0.6) is 0 Å². The lowest BCUT2D eigenvalue weighted by Crippen LogP contribution is -2.07. The average Bonchev–Trinajstić information content (AvgIpc) is 3.38. The van der Waals surface area contributed by atoms with Crippen LogP contribution in [0.25, 0.3) is 10.8 Å². The molecule has 0 saturated carbocycles. The van der Waals surface area contributed by atoms with Crippen molar-refractivity contribution in [3.8, 4) is 10.8 Å². The van der Waals surface area contributed by atoms with Gasteiger partial charge in [-0.05, 0) is 53.4 Å². The van der Waals surface area contributed by atoms with Crippen molar-refractivity contribution in [1.82, 2.24) is 4.98 Å². The van der Waals surface area contributed by atoms with Gasteiger partial charge < -0.3 is 9.73 Å². The van der Waals surface area contributed by atoms with Gasteiger partial charge >= 0.3 is 0 Å². The van der Waals surface area contributed by atoms with E-state index in [9.17, 15) is 12.8 Å². The Morgan fingerprint density at radius 1 is 1.07 bits per heavy atom. The molecule has 0 aliphatic heterocycles. The molecule has 0 unspecified atom stereocenters. The van der Waals surface area contributed by atoms with Crippen molar-refractivity contribution in [2.24, 2.45) is 0 Å². The van der Waals surface area contributed by atoms with Gasteiger partial charge in [-0.25, -0.2) is 12.8 Å². The lowest BCUT2D eigenvalue weighted by atomic mass is 10.2. The summed E-state index contributed by atoms with van der Waals surface area (Å²) in [7, 11) is -4.02. The summed E-state index contributed by atoms with van der Waals surface area (Å²) in [6.45, 7) is 0.308. The fourth-order valence-corrected chi connectivity index (χ4v) is 4.67. The lowest BCUT2D eigenvalue weighted by Gasteiger charge is -2.06. The van der Waals surface area contributed by atoms with Crippen LogP contribution >= 0.6 is 22.9 Å². The quantitative estimate of drug-likeness (QED) is 0.386. The van der Waals surface area contributed by atoms with Crippen LogP contribution in [0.3, 0.4) is 0 Å². The predicted octanol–water partition coefficient (Wildman–Crippen LogP) is 5.64. The normalized spacial score (nSPS) is 11.5. The molecule has 0 bridgehead atoms. The molecule has 0 saturated heterocycles. The van der Waals surface area contributed by atoms with Crippen LogP contribution in [0.4, 0.5) is 10.3 Å². The smallest absolute Gasteiger partial charge is 0.240 e. The molecule has 4 aromatic rings. The molecule has 5 nitrogen and oxygen atoms in total. The third-order valence-corrected chi connectivity index (χ3v) is 6.86. The fourth-order valence-electron chi connectivity index (χ4n) is 2.62. The van der Waals surface area contributed by atoms with E-state index in [2.05, 4.69) is 10.3 Å². The molecule has 0 spiro atoms. The maximum absolute atomic E-state index is 13.2. The minimum Gasteiger partial charge on any atom is -0.418 e. The topological polar surface area (TPSA) is 72.2 Å². The van der Waals surface area contributed by atoms with E-state index >= 15 is 0 Å². The first-order valence-corrected chi connectivity index (χ1v) is 11.2. The number of nitrogens with one attached hydrogen (secondary N) is 1. The Morgan fingerprint density at radius 2 is 1.79 bits per heavy atom. The summed E-state index contributed by atoms with van der Waals surface area (Å²) in [6.07, 6.45) is 0. The zero-order chi connectivity index (χ0) is 20.4. The van der Waals surface area contributed by atoms with Gasteiger partial charge in [0.1, 0.15) is 5.82 Å². The van der Waals surface area contributed by atoms with Gasteiger partial charge in [0, 0.05) is 11.6 Å². The van der Waals surface area contributed by atoms with Crippen molar-refractivity contribution in [1.29, 1.82) is 0 Å². The summed E-state index contributed by atoms with van der Waals surface area (Å²) in [5.41, 5.74) is 0.883. The van der Waals surface area contributed by atoms with Crippen molar-refractivity contribution < 1.29 is 17.2 Å². The highest BCUT2D eigenvalue weighted by atomic mass is 35.5. The maximum Gasteiger partial charge on any atom is 0.240 e. The van der Waals surface area contributed by atoms with Gasteiger partial charge in [-0.15, -0.1) is 11.3 Å². The second kappa shape index (κ2) is 7.98. The van der Waals surface area contributed by atoms with Crippen LogP contribution in [0.1, 0.15) is 5.56 Å². The van der Waals surface area contributed by atoms with Crippen LogP contribution < -0.4 is 5.32 Å². The SMILES string of the molecule is O=S(=O)(c1ccc(F)cc1)c1nc(-c2cccs2)oc1NCc1ccc(Cl)cc1. The van der Waals surface area contributed by atoms with E-state index in [1.54, 1.807) is 18.2 Å². The van der Waals surface area contributed by atoms with E-state index in [-0.39, 0.29) is 21.7 Å². The van der Waals surface area contributed by atoms with Crippen molar-refractivity contribution in [3.63, 3.8) is 0 Å². The fraction of sp³-hybridized carbons (Fsp3) is 0.0500. The highest BCUT2D eigenvalue weighted by Gasteiger charge is 2.28. The van der Waals surface area contributed by atoms with Crippen molar-refractivity contribution in [2.75, 3.05) is 5.32 Å². The lowest BCUT2D eigenvalue weighted by molar-refractivity contribution is 0.577. The van der Waals surface area contributed by atoms with Crippen LogP contribution in [0, 0.1) is 5.82 Å². The molecule has 0 aliphatic rings. The number of sulfone groups is 1. The van der Waals surface area contributed by atoms with E-state index in [0.29, 0.717) is 16.4 Å². The molecule has 2 heterocycles. The Bertz CT molecular complexity index is 1220. The molecule has 0 radical (unpaired) electrons. The Kier molecular flexibility index (Phi) is 5.40. The molecule has 4 rings (SSSR count). The molecule has 1 N–H and O–H groups in total. The Morgan fingerprint density at radius 3 is 2.45 bits per heavy atom. The van der Waals surface area contributed by atoms with E-state index in [0.717, 1.165) is 17.7 Å². The van der Waals surface area contributed by atoms with Gasteiger partial charge in [0.2, 0.25) is 26.6 Å². The molecule has 29 heavy (non-hydrogen) atoms. The highest BCUT2D eigenvalue weighted by molar-refractivity contribution is 7.91. The van der Waals surface area contributed by atoms with Gasteiger partial charge in [-0.3, -0.25) is 0 Å². The maximum atomic E-state index is 13.2. The number of rotatable bonds is 6. The number of anilines is 1. The van der Waals surface area contributed by atoms with Gasteiger partial charge in [0.25, 0.3) is 0 Å². The first-order valence-electron chi connectivity index (χ1n) is 8.47. The zero-order valence-corrected chi connectivity index (χ0v) is 17.2. The number of aromatic nitrogens is 1. The third-order valence-electron chi connectivity index (χ3n) is 4.07. The molecule has 2 aromatic heterocycles. The summed E-state index contributed by atoms with van der Waals surface area (Å²) in [4.78, 5) is 4.85. The number of thiophene rings is 1. The highest BCUT2D eigenvalue weighted by Crippen LogP contribution is 2.34. The van der Waals surface area contributed by atoms with E-state index < -0.39 is 15.7 Å². The number of halogens is 2. The largest absolute Gasteiger partial charge is 0.418 e. The minimum atomic E-state index is -4.02. The molecule has 0 amide bonds. The molecular formula is C20H14ClFN2O3S2. The molecule has 0 atom stereocenters. The Hall–Kier alpha value is -2.68. The monoisotopic (exact) mass is 448 g/mol. The van der Waals surface area contributed by atoms with Crippen LogP contribution in [-0.4, -0.2) is 13.4 Å². The number of hydrogen-bond acceptors (Lipinski definition) is 6. The van der Waals surface area contributed by atoms with Crippen LogP contribution in [-0.2, 0) is 16.4 Å². The first-order chi connectivity index (χ1) is 13.9. The zero-order valence-electron chi connectivity index (χ0n) is 14.8. The Balaban J connectivity index is 1.73. The van der Waals surface area contributed by atoms with Crippen molar-refractivity contribution in [2.45, 2.75) is 16.5 Å². The van der Waals surface area contributed by atoms with Gasteiger partial charge in [-0.1, -0.05) is 29.8 Å². The second-order valence-electron chi connectivity index (χ2n) is 6.07. The minimum absolute atomic E-state index is 0.0210. The van der Waals surface area contributed by atoms with Gasteiger partial charge in [0.05, 0.1) is 9.77 Å². The second-order valence-corrected chi connectivity index (χ2v) is 9.32. The average molecular weight is 449 g/mol. The molecule has 0 aliphatic carbocycles. The van der Waals surface area contributed by atoms with Crippen LogP contribution in [0.15, 0.2) is 80.4 Å².